The number of aryl methyl sites for hydroxylation is 4. The summed E-state index contributed by atoms with van der Waals surface area (Å²) in [6, 6.07) is 13.3. The van der Waals surface area contributed by atoms with Crippen molar-refractivity contribution in [2.45, 2.75) is 57.9 Å². The number of nitrogens with two attached hydrogens (primary N) is 1. The zero-order valence-electron chi connectivity index (χ0n) is 15.4. The van der Waals surface area contributed by atoms with Gasteiger partial charge in [-0.3, -0.25) is 0 Å². The van der Waals surface area contributed by atoms with Gasteiger partial charge in [0.15, 0.2) is 0 Å². The summed E-state index contributed by atoms with van der Waals surface area (Å²) in [5, 5.41) is 9.27. The Morgan fingerprint density at radius 1 is 0.958 bits per heavy atom. The SMILES string of the molecule is Cc1ccc(CCCCc2ccc(CC[C@@](C)(N)CO)n2C)cc1. The second-order valence-electron chi connectivity index (χ2n) is 7.38. The monoisotopic (exact) mass is 328 g/mol. The van der Waals surface area contributed by atoms with E-state index in [0.29, 0.717) is 0 Å². The topological polar surface area (TPSA) is 51.2 Å². The van der Waals surface area contributed by atoms with E-state index in [4.69, 9.17) is 5.73 Å². The number of unbranched alkanes of at least 4 members (excludes halogenated alkanes) is 1. The molecule has 0 amide bonds. The summed E-state index contributed by atoms with van der Waals surface area (Å²) in [6.07, 6.45) is 6.40. The van der Waals surface area contributed by atoms with Gasteiger partial charge in [-0.1, -0.05) is 29.8 Å². The molecule has 0 aliphatic heterocycles. The zero-order valence-corrected chi connectivity index (χ0v) is 15.4. The van der Waals surface area contributed by atoms with E-state index in [-0.39, 0.29) is 6.61 Å². The van der Waals surface area contributed by atoms with Crippen molar-refractivity contribution in [1.29, 1.82) is 0 Å². The minimum atomic E-state index is -0.488. The number of hydrogen-bond donors (Lipinski definition) is 2. The zero-order chi connectivity index (χ0) is 17.6. The molecule has 0 spiro atoms. The smallest absolute Gasteiger partial charge is 0.0608 e. The Labute approximate surface area is 146 Å². The molecule has 0 unspecified atom stereocenters. The molecular formula is C21H32N2O. The van der Waals surface area contributed by atoms with Crippen molar-refractivity contribution in [2.75, 3.05) is 6.61 Å². The van der Waals surface area contributed by atoms with Gasteiger partial charge in [-0.15, -0.1) is 0 Å². The van der Waals surface area contributed by atoms with Crippen LogP contribution in [0.2, 0.25) is 0 Å². The van der Waals surface area contributed by atoms with Crippen LogP contribution < -0.4 is 5.73 Å². The third kappa shape index (κ3) is 5.50. The highest BCUT2D eigenvalue weighted by molar-refractivity contribution is 5.21. The molecular weight excluding hydrogens is 296 g/mol. The van der Waals surface area contributed by atoms with E-state index in [1.165, 1.54) is 35.4 Å². The van der Waals surface area contributed by atoms with E-state index in [1.807, 2.05) is 6.92 Å². The van der Waals surface area contributed by atoms with E-state index < -0.39 is 5.54 Å². The fourth-order valence-electron chi connectivity index (χ4n) is 2.99. The second kappa shape index (κ2) is 8.50. The number of benzene rings is 1. The summed E-state index contributed by atoms with van der Waals surface area (Å²) in [6.45, 7) is 4.07. The van der Waals surface area contributed by atoms with Crippen molar-refractivity contribution in [2.24, 2.45) is 12.8 Å². The van der Waals surface area contributed by atoms with Crippen LogP contribution in [0.3, 0.4) is 0 Å². The van der Waals surface area contributed by atoms with Crippen molar-refractivity contribution in [1.82, 2.24) is 4.57 Å². The molecule has 2 aromatic rings. The normalized spacial score (nSPS) is 13.9. The Morgan fingerprint density at radius 3 is 2.17 bits per heavy atom. The molecule has 0 aliphatic carbocycles. The molecule has 3 N–H and O–H groups in total. The van der Waals surface area contributed by atoms with Gasteiger partial charge in [0.25, 0.3) is 0 Å². The van der Waals surface area contributed by atoms with Gasteiger partial charge in [0, 0.05) is 24.0 Å². The second-order valence-corrected chi connectivity index (χ2v) is 7.38. The van der Waals surface area contributed by atoms with Crippen molar-refractivity contribution < 1.29 is 5.11 Å². The van der Waals surface area contributed by atoms with E-state index in [2.05, 4.69) is 54.9 Å². The molecule has 0 aliphatic rings. The van der Waals surface area contributed by atoms with Crippen LogP contribution in [-0.2, 0) is 26.3 Å². The number of nitrogens with zero attached hydrogens (tertiary/aromatic N) is 1. The fraction of sp³-hybridized carbons (Fsp3) is 0.524. The average Bonchev–Trinajstić information content (AvgIpc) is 2.92. The third-order valence-corrected chi connectivity index (χ3v) is 4.91. The number of rotatable bonds is 9. The van der Waals surface area contributed by atoms with Crippen LogP contribution in [0.15, 0.2) is 36.4 Å². The molecule has 1 aromatic heterocycles. The van der Waals surface area contributed by atoms with Crippen molar-refractivity contribution in [3.05, 3.63) is 58.9 Å². The summed E-state index contributed by atoms with van der Waals surface area (Å²) >= 11 is 0. The first-order valence-electron chi connectivity index (χ1n) is 9.00. The van der Waals surface area contributed by atoms with Crippen molar-refractivity contribution in [3.63, 3.8) is 0 Å². The third-order valence-electron chi connectivity index (χ3n) is 4.91. The Bertz CT molecular complexity index is 626. The van der Waals surface area contributed by atoms with Gasteiger partial charge in [0.2, 0.25) is 0 Å². The predicted molar refractivity (Wildman–Crippen MR) is 101 cm³/mol. The summed E-state index contributed by atoms with van der Waals surface area (Å²) in [7, 11) is 2.14. The van der Waals surface area contributed by atoms with E-state index >= 15 is 0 Å². The average molecular weight is 329 g/mol. The van der Waals surface area contributed by atoms with Crippen LogP contribution >= 0.6 is 0 Å². The molecule has 0 bridgehead atoms. The Kier molecular flexibility index (Phi) is 6.64. The van der Waals surface area contributed by atoms with E-state index in [0.717, 1.165) is 25.7 Å². The van der Waals surface area contributed by atoms with Gasteiger partial charge >= 0.3 is 0 Å². The molecule has 0 radical (unpaired) electrons. The van der Waals surface area contributed by atoms with Crippen LogP contribution in [-0.4, -0.2) is 21.8 Å². The molecule has 0 saturated carbocycles. The van der Waals surface area contributed by atoms with Gasteiger partial charge < -0.3 is 15.4 Å². The van der Waals surface area contributed by atoms with Crippen molar-refractivity contribution in [3.8, 4) is 0 Å². The number of aliphatic hydroxyl groups is 1. The summed E-state index contributed by atoms with van der Waals surface area (Å²) in [5.41, 5.74) is 11.0. The lowest BCUT2D eigenvalue weighted by Crippen LogP contribution is -2.40. The highest BCUT2D eigenvalue weighted by Gasteiger charge is 2.17. The predicted octanol–water partition coefficient (Wildman–Crippen LogP) is 3.54. The molecule has 0 fully saturated rings. The van der Waals surface area contributed by atoms with Gasteiger partial charge in [-0.25, -0.2) is 0 Å². The van der Waals surface area contributed by atoms with Crippen LogP contribution in [0.1, 0.15) is 48.7 Å². The molecule has 1 aromatic carbocycles. The van der Waals surface area contributed by atoms with E-state index in [1.54, 1.807) is 0 Å². The highest BCUT2D eigenvalue weighted by Crippen LogP contribution is 2.16. The molecule has 24 heavy (non-hydrogen) atoms. The van der Waals surface area contributed by atoms with Crippen LogP contribution in [0.4, 0.5) is 0 Å². The van der Waals surface area contributed by atoms with Crippen LogP contribution in [0, 0.1) is 6.92 Å². The van der Waals surface area contributed by atoms with Gasteiger partial charge in [0.1, 0.15) is 0 Å². The largest absolute Gasteiger partial charge is 0.394 e. The Hall–Kier alpha value is -1.58. The van der Waals surface area contributed by atoms with Gasteiger partial charge in [-0.2, -0.15) is 0 Å². The molecule has 132 valence electrons. The number of hydrogen-bond acceptors (Lipinski definition) is 2. The maximum Gasteiger partial charge on any atom is 0.0608 e. The maximum atomic E-state index is 9.27. The first-order chi connectivity index (χ1) is 11.4. The van der Waals surface area contributed by atoms with E-state index in [9.17, 15) is 5.11 Å². The maximum absolute atomic E-state index is 9.27. The van der Waals surface area contributed by atoms with Gasteiger partial charge in [0.05, 0.1) is 6.61 Å². The molecule has 3 nitrogen and oxygen atoms in total. The number of aromatic nitrogens is 1. The van der Waals surface area contributed by atoms with Crippen molar-refractivity contribution >= 4 is 0 Å². The summed E-state index contributed by atoms with van der Waals surface area (Å²) < 4.78 is 2.29. The first-order valence-corrected chi connectivity index (χ1v) is 9.00. The molecule has 2 rings (SSSR count). The lowest BCUT2D eigenvalue weighted by atomic mass is 9.97. The van der Waals surface area contributed by atoms with Crippen LogP contribution in [0.25, 0.3) is 0 Å². The highest BCUT2D eigenvalue weighted by atomic mass is 16.3. The minimum Gasteiger partial charge on any atom is -0.394 e. The molecule has 1 atom stereocenters. The van der Waals surface area contributed by atoms with Gasteiger partial charge in [-0.05, 0) is 70.1 Å². The summed E-state index contributed by atoms with van der Waals surface area (Å²) in [5.74, 6) is 0. The Morgan fingerprint density at radius 2 is 1.54 bits per heavy atom. The lowest BCUT2D eigenvalue weighted by molar-refractivity contribution is 0.200. The van der Waals surface area contributed by atoms with Crippen LogP contribution in [0.5, 0.6) is 0 Å². The quantitative estimate of drug-likeness (QED) is 0.692. The molecule has 0 saturated heterocycles. The standard InChI is InChI=1S/C21H32N2O/c1-17-8-10-18(11-9-17)6-4-5-7-19-12-13-20(23(19)3)14-15-21(2,22)16-24/h8-13,24H,4-7,14-16,22H2,1-3H3/t21-/m1/s1. The Balaban J connectivity index is 1.78. The molecule has 1 heterocycles. The first kappa shape index (κ1) is 18.8. The lowest BCUT2D eigenvalue weighted by Gasteiger charge is -2.21. The molecule has 3 heteroatoms. The fourth-order valence-corrected chi connectivity index (χ4v) is 2.99. The summed E-state index contributed by atoms with van der Waals surface area (Å²) in [4.78, 5) is 0. The minimum absolute atomic E-state index is 0.0310. The number of aliphatic hydroxyl groups excluding tert-OH is 1.